The molecule has 0 saturated heterocycles. The van der Waals surface area contributed by atoms with Crippen molar-refractivity contribution in [3.63, 3.8) is 0 Å². The lowest BCUT2D eigenvalue weighted by Gasteiger charge is -2.22. The average molecular weight is 236 g/mol. The Kier molecular flexibility index (Phi) is 3.36. The fourth-order valence-corrected chi connectivity index (χ4v) is 2.03. The molecule has 94 valence electrons. The van der Waals surface area contributed by atoms with E-state index >= 15 is 0 Å². The molecule has 3 N–H and O–H groups in total. The maximum atomic E-state index is 12.4. The van der Waals surface area contributed by atoms with Crippen LogP contribution in [-0.4, -0.2) is 33.6 Å². The highest BCUT2D eigenvalue weighted by Gasteiger charge is 2.34. The summed E-state index contributed by atoms with van der Waals surface area (Å²) in [5.41, 5.74) is 7.05. The van der Waals surface area contributed by atoms with Gasteiger partial charge in [-0.3, -0.25) is 9.89 Å². The van der Waals surface area contributed by atoms with Gasteiger partial charge in [0.05, 0.1) is 0 Å². The van der Waals surface area contributed by atoms with E-state index in [9.17, 15) is 4.79 Å². The van der Waals surface area contributed by atoms with Crippen LogP contribution in [-0.2, 0) is 0 Å². The predicted molar refractivity (Wildman–Crippen MR) is 66.7 cm³/mol. The zero-order valence-corrected chi connectivity index (χ0v) is 10.5. The third-order valence-electron chi connectivity index (χ3n) is 3.19. The fourth-order valence-electron chi connectivity index (χ4n) is 2.03. The smallest absolute Gasteiger partial charge is 0.259 e. The molecule has 1 aliphatic carbocycles. The van der Waals surface area contributed by atoms with Crippen molar-refractivity contribution < 1.29 is 4.79 Å². The molecule has 0 spiro atoms. The number of nitrogens with zero attached hydrogens (tertiary/aromatic N) is 2. The summed E-state index contributed by atoms with van der Waals surface area (Å²) in [6.45, 7) is 4.79. The van der Waals surface area contributed by atoms with Crippen molar-refractivity contribution in [3.8, 4) is 0 Å². The lowest BCUT2D eigenvalue weighted by atomic mass is 10.2. The average Bonchev–Trinajstić information content (AvgIpc) is 3.06. The highest BCUT2D eigenvalue weighted by atomic mass is 16.2. The number of carbonyl (C=O) groups is 1. The number of nitrogen functional groups attached to an aromatic ring is 1. The molecule has 1 heterocycles. The summed E-state index contributed by atoms with van der Waals surface area (Å²) >= 11 is 0. The molecule has 0 unspecified atom stereocenters. The van der Waals surface area contributed by atoms with E-state index in [1.165, 1.54) is 0 Å². The molecule has 1 amide bonds. The quantitative estimate of drug-likeness (QED) is 0.817. The molecule has 5 nitrogen and oxygen atoms in total. The molecule has 1 aromatic rings. The first-order valence-electron chi connectivity index (χ1n) is 6.26. The monoisotopic (exact) mass is 236 g/mol. The SMILES string of the molecule is CCCCN(C(=O)c1c(N)n[nH]c1C)C1CC1. The predicted octanol–water partition coefficient (Wildman–Crippen LogP) is 1.71. The van der Waals surface area contributed by atoms with E-state index in [1.807, 2.05) is 11.8 Å². The molecule has 0 aromatic carbocycles. The molecule has 17 heavy (non-hydrogen) atoms. The maximum Gasteiger partial charge on any atom is 0.259 e. The van der Waals surface area contributed by atoms with Crippen LogP contribution in [0.25, 0.3) is 0 Å². The summed E-state index contributed by atoms with van der Waals surface area (Å²) in [5.74, 6) is 0.347. The summed E-state index contributed by atoms with van der Waals surface area (Å²) in [6, 6.07) is 0.419. The van der Waals surface area contributed by atoms with Gasteiger partial charge >= 0.3 is 0 Å². The first-order valence-corrected chi connectivity index (χ1v) is 6.26. The topological polar surface area (TPSA) is 75.0 Å². The van der Waals surface area contributed by atoms with Gasteiger partial charge in [0.15, 0.2) is 5.82 Å². The van der Waals surface area contributed by atoms with E-state index in [1.54, 1.807) is 0 Å². The molecule has 5 heteroatoms. The Morgan fingerprint density at radius 3 is 2.76 bits per heavy atom. The summed E-state index contributed by atoms with van der Waals surface area (Å²) in [7, 11) is 0. The number of aromatic nitrogens is 2. The second-order valence-electron chi connectivity index (χ2n) is 4.69. The Morgan fingerprint density at radius 2 is 2.29 bits per heavy atom. The van der Waals surface area contributed by atoms with E-state index in [0.717, 1.165) is 37.9 Å². The van der Waals surface area contributed by atoms with Gasteiger partial charge in [-0.2, -0.15) is 5.10 Å². The molecular formula is C12H20N4O. The number of nitrogens with two attached hydrogens (primary N) is 1. The van der Waals surface area contributed by atoms with Gasteiger partial charge in [-0.1, -0.05) is 13.3 Å². The molecular weight excluding hydrogens is 216 g/mol. The Balaban J connectivity index is 2.16. The Bertz CT molecular complexity index is 389. The van der Waals surface area contributed by atoms with Crippen LogP contribution >= 0.6 is 0 Å². The van der Waals surface area contributed by atoms with E-state index in [0.29, 0.717) is 17.4 Å². The molecule has 0 atom stereocenters. The number of unbranched alkanes of at least 4 members (excludes halogenated alkanes) is 1. The second-order valence-corrected chi connectivity index (χ2v) is 4.69. The van der Waals surface area contributed by atoms with Crippen LogP contribution in [0.3, 0.4) is 0 Å². The number of aromatic amines is 1. The van der Waals surface area contributed by atoms with Crippen molar-refractivity contribution in [2.24, 2.45) is 0 Å². The van der Waals surface area contributed by atoms with Crippen LogP contribution in [0.15, 0.2) is 0 Å². The number of amides is 1. The highest BCUT2D eigenvalue weighted by Crippen LogP contribution is 2.29. The summed E-state index contributed by atoms with van der Waals surface area (Å²) in [4.78, 5) is 14.4. The van der Waals surface area contributed by atoms with Crippen molar-refractivity contribution in [1.29, 1.82) is 0 Å². The number of hydrogen-bond donors (Lipinski definition) is 2. The molecule has 0 aliphatic heterocycles. The summed E-state index contributed by atoms with van der Waals surface area (Å²) < 4.78 is 0. The third-order valence-corrected chi connectivity index (χ3v) is 3.19. The minimum Gasteiger partial charge on any atom is -0.382 e. The molecule has 1 fully saturated rings. The molecule has 1 aromatic heterocycles. The second kappa shape index (κ2) is 4.77. The van der Waals surface area contributed by atoms with Crippen molar-refractivity contribution in [1.82, 2.24) is 15.1 Å². The molecule has 1 aliphatic rings. The number of H-pyrrole nitrogens is 1. The molecule has 2 rings (SSSR count). The highest BCUT2D eigenvalue weighted by molar-refractivity contribution is 5.99. The number of nitrogens with one attached hydrogen (secondary N) is 1. The number of hydrogen-bond acceptors (Lipinski definition) is 3. The van der Waals surface area contributed by atoms with Gasteiger partial charge in [0.1, 0.15) is 5.56 Å². The number of aryl methyl sites for hydroxylation is 1. The molecule has 0 bridgehead atoms. The minimum absolute atomic E-state index is 0.0321. The third kappa shape index (κ3) is 2.43. The molecule has 1 saturated carbocycles. The largest absolute Gasteiger partial charge is 0.382 e. The first kappa shape index (κ1) is 12.0. The molecule has 0 radical (unpaired) electrons. The number of carbonyl (C=O) groups excluding carboxylic acids is 1. The van der Waals surface area contributed by atoms with Gasteiger partial charge in [-0.15, -0.1) is 0 Å². The van der Waals surface area contributed by atoms with Crippen molar-refractivity contribution in [2.45, 2.75) is 45.6 Å². The first-order chi connectivity index (χ1) is 8.15. The zero-order valence-electron chi connectivity index (χ0n) is 10.5. The lowest BCUT2D eigenvalue weighted by Crippen LogP contribution is -2.34. The fraction of sp³-hybridized carbons (Fsp3) is 0.667. The number of anilines is 1. The standard InChI is InChI=1S/C12H20N4O/c1-3-4-7-16(9-5-6-9)12(17)10-8(2)14-15-11(10)13/h9H,3-7H2,1-2H3,(H3,13,14,15). The van der Waals surface area contributed by atoms with Gasteiger partial charge < -0.3 is 10.6 Å². The zero-order chi connectivity index (χ0) is 12.4. The van der Waals surface area contributed by atoms with Crippen molar-refractivity contribution >= 4 is 11.7 Å². The lowest BCUT2D eigenvalue weighted by molar-refractivity contribution is 0.0741. The van der Waals surface area contributed by atoms with Crippen LogP contribution in [0.1, 0.15) is 48.7 Å². The van der Waals surface area contributed by atoms with Crippen LogP contribution in [0, 0.1) is 6.92 Å². The van der Waals surface area contributed by atoms with Crippen LogP contribution in [0.4, 0.5) is 5.82 Å². The number of rotatable bonds is 5. The maximum absolute atomic E-state index is 12.4. The van der Waals surface area contributed by atoms with Crippen LogP contribution in [0.5, 0.6) is 0 Å². The van der Waals surface area contributed by atoms with E-state index in [2.05, 4.69) is 17.1 Å². The van der Waals surface area contributed by atoms with Crippen molar-refractivity contribution in [3.05, 3.63) is 11.3 Å². The van der Waals surface area contributed by atoms with Crippen molar-refractivity contribution in [2.75, 3.05) is 12.3 Å². The Hall–Kier alpha value is -1.52. The summed E-state index contributed by atoms with van der Waals surface area (Å²) in [5, 5.41) is 6.65. The summed E-state index contributed by atoms with van der Waals surface area (Å²) in [6.07, 6.45) is 4.37. The van der Waals surface area contributed by atoms with Gasteiger partial charge in [0.25, 0.3) is 5.91 Å². The van der Waals surface area contributed by atoms with E-state index in [-0.39, 0.29) is 5.91 Å². The Morgan fingerprint density at radius 1 is 1.59 bits per heavy atom. The van der Waals surface area contributed by atoms with E-state index in [4.69, 9.17) is 5.73 Å². The van der Waals surface area contributed by atoms with Crippen LogP contribution < -0.4 is 5.73 Å². The van der Waals surface area contributed by atoms with Gasteiger partial charge in [-0.25, -0.2) is 0 Å². The minimum atomic E-state index is 0.0321. The normalized spacial score (nSPS) is 14.9. The van der Waals surface area contributed by atoms with Gasteiger partial charge in [0.2, 0.25) is 0 Å². The van der Waals surface area contributed by atoms with E-state index < -0.39 is 0 Å². The van der Waals surface area contributed by atoms with Crippen LogP contribution in [0.2, 0.25) is 0 Å². The van der Waals surface area contributed by atoms with Gasteiger partial charge in [0, 0.05) is 18.3 Å². The van der Waals surface area contributed by atoms with Gasteiger partial charge in [-0.05, 0) is 26.2 Å². The Labute approximate surface area is 101 Å².